The number of benzene rings is 1. The van der Waals surface area contributed by atoms with Crippen molar-refractivity contribution in [3.63, 3.8) is 0 Å². The lowest BCUT2D eigenvalue weighted by molar-refractivity contribution is -0.0458. The smallest absolute Gasteiger partial charge is 0.288 e. The second kappa shape index (κ2) is 9.57. The Kier molecular flexibility index (Phi) is 6.98. The molecule has 12 heteroatoms. The quantitative estimate of drug-likeness (QED) is 0.575. The Bertz CT molecular complexity index is 1070. The van der Waals surface area contributed by atoms with Crippen LogP contribution in [0.15, 0.2) is 28.7 Å². The highest BCUT2D eigenvalue weighted by atomic mass is 32.2. The van der Waals surface area contributed by atoms with E-state index in [1.165, 1.54) is 4.31 Å². The molecule has 2 fully saturated rings. The molecule has 3 heterocycles. The Balaban J connectivity index is 1.37. The van der Waals surface area contributed by atoms with Gasteiger partial charge in [-0.2, -0.15) is 17.0 Å². The van der Waals surface area contributed by atoms with Gasteiger partial charge in [-0.15, -0.1) is 5.10 Å². The van der Waals surface area contributed by atoms with E-state index < -0.39 is 10.2 Å². The molecule has 0 amide bonds. The van der Waals surface area contributed by atoms with Crippen LogP contribution in [0, 0.1) is 4.84 Å². The molecule has 0 spiro atoms. The second-order valence-corrected chi connectivity index (χ2v) is 10.4. The van der Waals surface area contributed by atoms with E-state index in [0.717, 1.165) is 11.3 Å². The molecule has 176 valence electrons. The zero-order valence-electron chi connectivity index (χ0n) is 18.5. The molecule has 2 saturated heterocycles. The van der Waals surface area contributed by atoms with Crippen LogP contribution in [0.3, 0.4) is 0 Å². The van der Waals surface area contributed by atoms with Gasteiger partial charge < -0.3 is 13.9 Å². The molecule has 2 aromatic rings. The van der Waals surface area contributed by atoms with Crippen LogP contribution in [0.1, 0.15) is 13.8 Å². The standard InChI is InChI=1S/C20H29N5O5S2/c1-15-12-24(13-16(2)29-15)32(26,27)23-10-8-22(9-11-23)14-25-20(31)30-19(21-25)17-4-6-18(28-3)7-5-17/h4-7,15-16H,8-14H2,1-3H3. The Morgan fingerprint density at radius 2 is 1.69 bits per heavy atom. The highest BCUT2D eigenvalue weighted by molar-refractivity contribution is 7.86. The van der Waals surface area contributed by atoms with Crippen LogP contribution in [0.5, 0.6) is 5.75 Å². The van der Waals surface area contributed by atoms with Gasteiger partial charge in [0.1, 0.15) is 5.75 Å². The van der Waals surface area contributed by atoms with Crippen molar-refractivity contribution in [2.45, 2.75) is 32.7 Å². The number of aromatic nitrogens is 2. The van der Waals surface area contributed by atoms with E-state index in [4.69, 9.17) is 26.1 Å². The molecular formula is C20H29N5O5S2. The van der Waals surface area contributed by atoms with E-state index >= 15 is 0 Å². The Labute approximate surface area is 193 Å². The van der Waals surface area contributed by atoms with E-state index in [9.17, 15) is 8.42 Å². The van der Waals surface area contributed by atoms with Crippen molar-refractivity contribution in [2.24, 2.45) is 0 Å². The van der Waals surface area contributed by atoms with Crippen molar-refractivity contribution in [3.8, 4) is 17.2 Å². The monoisotopic (exact) mass is 483 g/mol. The van der Waals surface area contributed by atoms with Gasteiger partial charge in [0, 0.05) is 44.8 Å². The summed E-state index contributed by atoms with van der Waals surface area (Å²) in [5.41, 5.74) is 0.806. The number of methoxy groups -OCH3 is 1. The Morgan fingerprint density at radius 3 is 2.28 bits per heavy atom. The normalized spacial score (nSPS) is 24.0. The van der Waals surface area contributed by atoms with Gasteiger partial charge in [-0.25, -0.2) is 4.68 Å². The van der Waals surface area contributed by atoms with Crippen LogP contribution in [0.4, 0.5) is 0 Å². The highest BCUT2D eigenvalue weighted by Crippen LogP contribution is 2.22. The summed E-state index contributed by atoms with van der Waals surface area (Å²) in [7, 11) is -1.89. The van der Waals surface area contributed by atoms with Gasteiger partial charge in [0.2, 0.25) is 5.89 Å². The van der Waals surface area contributed by atoms with Gasteiger partial charge in [0.05, 0.1) is 26.0 Å². The highest BCUT2D eigenvalue weighted by Gasteiger charge is 2.36. The number of hydrogen-bond donors (Lipinski definition) is 0. The minimum atomic E-state index is -3.50. The fourth-order valence-electron chi connectivity index (χ4n) is 4.02. The largest absolute Gasteiger partial charge is 0.497 e. The van der Waals surface area contributed by atoms with Crippen molar-refractivity contribution in [1.82, 2.24) is 23.3 Å². The van der Waals surface area contributed by atoms with Crippen LogP contribution in [0.25, 0.3) is 11.5 Å². The first-order chi connectivity index (χ1) is 15.3. The third-order valence-corrected chi connectivity index (χ3v) is 7.91. The minimum Gasteiger partial charge on any atom is -0.497 e. The lowest BCUT2D eigenvalue weighted by atomic mass is 10.2. The first-order valence-electron chi connectivity index (χ1n) is 10.6. The molecule has 0 radical (unpaired) electrons. The second-order valence-electron chi connectivity index (χ2n) is 8.14. The maximum atomic E-state index is 13.1. The third-order valence-electron chi connectivity index (χ3n) is 5.65. The summed E-state index contributed by atoms with van der Waals surface area (Å²) in [5, 5.41) is 4.50. The lowest BCUT2D eigenvalue weighted by Gasteiger charge is -2.40. The molecular weight excluding hydrogens is 454 g/mol. The van der Waals surface area contributed by atoms with Crippen LogP contribution < -0.4 is 4.74 Å². The average molecular weight is 484 g/mol. The van der Waals surface area contributed by atoms with Gasteiger partial charge in [0.15, 0.2) is 0 Å². The number of rotatable bonds is 6. The van der Waals surface area contributed by atoms with Crippen molar-refractivity contribution < 1.29 is 22.3 Å². The molecule has 32 heavy (non-hydrogen) atoms. The Morgan fingerprint density at radius 1 is 1.06 bits per heavy atom. The van der Waals surface area contributed by atoms with Gasteiger partial charge in [0.25, 0.3) is 15.0 Å². The van der Waals surface area contributed by atoms with Gasteiger partial charge >= 0.3 is 0 Å². The summed E-state index contributed by atoms with van der Waals surface area (Å²) in [6.45, 7) is 7.01. The fourth-order valence-corrected chi connectivity index (χ4v) is 5.94. The average Bonchev–Trinajstić information content (AvgIpc) is 3.13. The molecule has 0 N–H and O–H groups in total. The van der Waals surface area contributed by atoms with Crippen LogP contribution >= 0.6 is 12.2 Å². The van der Waals surface area contributed by atoms with E-state index in [2.05, 4.69) is 10.00 Å². The number of nitrogens with zero attached hydrogens (tertiary/aromatic N) is 5. The third kappa shape index (κ3) is 5.05. The molecule has 1 aromatic heterocycles. The molecule has 1 aromatic carbocycles. The topological polar surface area (TPSA) is 93.3 Å². The first-order valence-corrected chi connectivity index (χ1v) is 12.4. The van der Waals surface area contributed by atoms with Gasteiger partial charge in [-0.3, -0.25) is 4.90 Å². The fraction of sp³-hybridized carbons (Fsp3) is 0.600. The molecule has 0 saturated carbocycles. The van der Waals surface area contributed by atoms with Crippen LogP contribution in [0.2, 0.25) is 0 Å². The molecule has 2 atom stereocenters. The maximum Gasteiger partial charge on any atom is 0.288 e. The molecule has 2 aliphatic heterocycles. The van der Waals surface area contributed by atoms with Crippen molar-refractivity contribution in [2.75, 3.05) is 46.4 Å². The van der Waals surface area contributed by atoms with Crippen molar-refractivity contribution in [1.29, 1.82) is 0 Å². The molecule has 0 bridgehead atoms. The summed E-state index contributed by atoms with van der Waals surface area (Å²) in [5.74, 6) is 1.19. The predicted molar refractivity (Wildman–Crippen MR) is 121 cm³/mol. The van der Waals surface area contributed by atoms with E-state index in [0.29, 0.717) is 51.8 Å². The summed E-state index contributed by atoms with van der Waals surface area (Å²) in [4.78, 5) is 2.40. The molecule has 4 rings (SSSR count). The van der Waals surface area contributed by atoms with Crippen molar-refractivity contribution >= 4 is 22.4 Å². The zero-order valence-corrected chi connectivity index (χ0v) is 20.1. The van der Waals surface area contributed by atoms with E-state index in [1.807, 2.05) is 38.1 Å². The number of ether oxygens (including phenoxy) is 2. The van der Waals surface area contributed by atoms with E-state index in [1.54, 1.807) is 16.1 Å². The predicted octanol–water partition coefficient (Wildman–Crippen LogP) is 1.81. The van der Waals surface area contributed by atoms with Gasteiger partial charge in [-0.05, 0) is 50.3 Å². The minimum absolute atomic E-state index is 0.108. The number of piperazine rings is 1. The maximum absolute atomic E-state index is 13.1. The summed E-state index contributed by atoms with van der Waals surface area (Å²) in [6.07, 6.45) is -0.215. The summed E-state index contributed by atoms with van der Waals surface area (Å²) < 4.78 is 47.4. The number of hydrogen-bond acceptors (Lipinski definition) is 8. The van der Waals surface area contributed by atoms with Crippen LogP contribution in [-0.2, 0) is 21.6 Å². The zero-order chi connectivity index (χ0) is 22.9. The summed E-state index contributed by atoms with van der Waals surface area (Å²) in [6, 6.07) is 7.40. The van der Waals surface area contributed by atoms with E-state index in [-0.39, 0.29) is 17.0 Å². The van der Waals surface area contributed by atoms with Crippen molar-refractivity contribution in [3.05, 3.63) is 29.1 Å². The van der Waals surface area contributed by atoms with Crippen LogP contribution in [-0.4, -0.2) is 90.3 Å². The first kappa shape index (κ1) is 23.3. The van der Waals surface area contributed by atoms with Gasteiger partial charge in [-0.1, -0.05) is 0 Å². The Hall–Kier alpha value is -1.83. The molecule has 2 aliphatic rings. The SMILES string of the molecule is COc1ccc(-c2nn(CN3CCN(S(=O)(=O)N4CC(C)OC(C)C4)CC3)c(=S)o2)cc1. The number of morpholine rings is 1. The molecule has 2 unspecified atom stereocenters. The molecule has 10 nitrogen and oxygen atoms in total. The lowest BCUT2D eigenvalue weighted by Crippen LogP contribution is -2.57. The summed E-state index contributed by atoms with van der Waals surface area (Å²) >= 11 is 5.34. The molecule has 0 aliphatic carbocycles.